The van der Waals surface area contributed by atoms with Crippen LogP contribution in [0.25, 0.3) is 0 Å². The van der Waals surface area contributed by atoms with Gasteiger partial charge in [-0.3, -0.25) is 11.3 Å². The summed E-state index contributed by atoms with van der Waals surface area (Å²) in [5, 5.41) is 0.499. The zero-order chi connectivity index (χ0) is 14.3. The molecule has 0 spiro atoms. The van der Waals surface area contributed by atoms with Crippen LogP contribution in [0.2, 0.25) is 5.02 Å². The SMILES string of the molecule is CC#CCCC(NN)c1cc(Cl)c(OC)c(OC)c1. The third-order valence-electron chi connectivity index (χ3n) is 2.79. The quantitative estimate of drug-likeness (QED) is 0.478. The van der Waals surface area contributed by atoms with Crippen molar-refractivity contribution >= 4 is 11.6 Å². The van der Waals surface area contributed by atoms with Gasteiger partial charge in [0.15, 0.2) is 11.5 Å². The first-order valence-corrected chi connectivity index (χ1v) is 6.32. The highest BCUT2D eigenvalue weighted by Crippen LogP contribution is 2.38. The maximum absolute atomic E-state index is 6.17. The van der Waals surface area contributed by atoms with Crippen LogP contribution in [0.1, 0.15) is 31.4 Å². The van der Waals surface area contributed by atoms with Crippen molar-refractivity contribution < 1.29 is 9.47 Å². The first-order chi connectivity index (χ1) is 9.17. The third-order valence-corrected chi connectivity index (χ3v) is 3.07. The van der Waals surface area contributed by atoms with Crippen LogP contribution in [0.4, 0.5) is 0 Å². The van der Waals surface area contributed by atoms with Gasteiger partial charge in [0.1, 0.15) is 0 Å². The molecule has 5 heteroatoms. The van der Waals surface area contributed by atoms with Crippen LogP contribution in [0.5, 0.6) is 11.5 Å². The second-order valence-corrected chi connectivity index (χ2v) is 4.33. The van der Waals surface area contributed by atoms with Crippen LogP contribution in [0, 0.1) is 11.8 Å². The lowest BCUT2D eigenvalue weighted by atomic mass is 10.0. The van der Waals surface area contributed by atoms with Gasteiger partial charge in [-0.25, -0.2) is 0 Å². The summed E-state index contributed by atoms with van der Waals surface area (Å²) in [4.78, 5) is 0. The molecule has 104 valence electrons. The molecule has 0 saturated heterocycles. The standard InChI is InChI=1S/C14H19ClN2O2/c1-4-5-6-7-12(17-16)10-8-11(15)14(19-3)13(9-10)18-2/h8-9,12,17H,6-7,16H2,1-3H3. The summed E-state index contributed by atoms with van der Waals surface area (Å²) in [6, 6.07) is 3.67. The molecule has 0 aliphatic heterocycles. The molecule has 0 bridgehead atoms. The van der Waals surface area contributed by atoms with E-state index < -0.39 is 0 Å². The number of hydrazine groups is 1. The fourth-order valence-electron chi connectivity index (χ4n) is 1.83. The zero-order valence-electron chi connectivity index (χ0n) is 11.4. The molecule has 0 aliphatic rings. The molecule has 1 atom stereocenters. The Balaban J connectivity index is 3.03. The molecule has 0 fully saturated rings. The Morgan fingerprint density at radius 1 is 1.37 bits per heavy atom. The van der Waals surface area contributed by atoms with Gasteiger partial charge in [0.2, 0.25) is 0 Å². The number of nitrogens with one attached hydrogen (secondary N) is 1. The van der Waals surface area contributed by atoms with E-state index in [4.69, 9.17) is 26.9 Å². The fourth-order valence-corrected chi connectivity index (χ4v) is 2.12. The van der Waals surface area contributed by atoms with Gasteiger partial charge in [-0.05, 0) is 31.0 Å². The van der Waals surface area contributed by atoms with Gasteiger partial charge in [0.25, 0.3) is 0 Å². The molecule has 3 N–H and O–H groups in total. The van der Waals surface area contributed by atoms with Crippen molar-refractivity contribution in [1.29, 1.82) is 0 Å². The van der Waals surface area contributed by atoms with Crippen LogP contribution >= 0.6 is 11.6 Å². The number of methoxy groups -OCH3 is 2. The molecule has 0 amide bonds. The van der Waals surface area contributed by atoms with E-state index in [2.05, 4.69) is 17.3 Å². The summed E-state index contributed by atoms with van der Waals surface area (Å²) >= 11 is 6.17. The molecule has 1 aromatic carbocycles. The maximum Gasteiger partial charge on any atom is 0.179 e. The van der Waals surface area contributed by atoms with Gasteiger partial charge in [0.05, 0.1) is 19.2 Å². The van der Waals surface area contributed by atoms with Crippen molar-refractivity contribution in [2.45, 2.75) is 25.8 Å². The van der Waals surface area contributed by atoms with E-state index >= 15 is 0 Å². The van der Waals surface area contributed by atoms with E-state index in [9.17, 15) is 0 Å². The van der Waals surface area contributed by atoms with Crippen molar-refractivity contribution in [3.63, 3.8) is 0 Å². The van der Waals surface area contributed by atoms with Gasteiger partial charge in [-0.15, -0.1) is 11.8 Å². The lowest BCUT2D eigenvalue weighted by Crippen LogP contribution is -2.28. The highest BCUT2D eigenvalue weighted by molar-refractivity contribution is 6.32. The lowest BCUT2D eigenvalue weighted by Gasteiger charge is -2.18. The van der Waals surface area contributed by atoms with Gasteiger partial charge >= 0.3 is 0 Å². The molecule has 0 radical (unpaired) electrons. The molecule has 0 aromatic heterocycles. The Morgan fingerprint density at radius 2 is 2.11 bits per heavy atom. The van der Waals surface area contributed by atoms with E-state index in [1.165, 1.54) is 0 Å². The predicted octanol–water partition coefficient (Wildman–Crippen LogP) is 2.67. The molecule has 0 aliphatic carbocycles. The Morgan fingerprint density at radius 3 is 2.63 bits per heavy atom. The van der Waals surface area contributed by atoms with Gasteiger partial charge in [0, 0.05) is 12.5 Å². The van der Waals surface area contributed by atoms with Gasteiger partial charge in [-0.2, -0.15) is 0 Å². The summed E-state index contributed by atoms with van der Waals surface area (Å²) in [6.45, 7) is 1.82. The summed E-state index contributed by atoms with van der Waals surface area (Å²) in [6.07, 6.45) is 1.56. The number of benzene rings is 1. The van der Waals surface area contributed by atoms with Crippen LogP contribution in [-0.4, -0.2) is 14.2 Å². The molecular formula is C14H19ClN2O2. The number of hydrogen-bond acceptors (Lipinski definition) is 4. The Kier molecular flexibility index (Phi) is 6.51. The first-order valence-electron chi connectivity index (χ1n) is 5.95. The fraction of sp³-hybridized carbons (Fsp3) is 0.429. The van der Waals surface area contributed by atoms with Crippen molar-refractivity contribution in [3.05, 3.63) is 22.7 Å². The zero-order valence-corrected chi connectivity index (χ0v) is 12.2. The number of halogens is 1. The number of hydrogen-bond donors (Lipinski definition) is 2. The second kappa shape index (κ2) is 7.90. The topological polar surface area (TPSA) is 56.5 Å². The number of rotatable bonds is 6. The Bertz CT molecular complexity index is 480. The van der Waals surface area contributed by atoms with E-state index in [0.717, 1.165) is 18.4 Å². The highest BCUT2D eigenvalue weighted by atomic mass is 35.5. The van der Waals surface area contributed by atoms with Crippen molar-refractivity contribution in [3.8, 4) is 23.3 Å². The van der Waals surface area contributed by atoms with Gasteiger partial charge < -0.3 is 9.47 Å². The number of nitrogens with two attached hydrogens (primary N) is 1. The van der Waals surface area contributed by atoms with E-state index in [0.29, 0.717) is 16.5 Å². The highest BCUT2D eigenvalue weighted by Gasteiger charge is 2.16. The normalized spacial score (nSPS) is 11.4. The molecular weight excluding hydrogens is 264 g/mol. The molecule has 4 nitrogen and oxygen atoms in total. The van der Waals surface area contributed by atoms with Crippen LogP contribution < -0.4 is 20.7 Å². The molecule has 1 aromatic rings. The minimum Gasteiger partial charge on any atom is -0.493 e. The molecule has 1 rings (SSSR count). The van der Waals surface area contributed by atoms with Crippen molar-refractivity contribution in [1.82, 2.24) is 5.43 Å². The molecule has 19 heavy (non-hydrogen) atoms. The monoisotopic (exact) mass is 282 g/mol. The Labute approximate surface area is 119 Å². The smallest absolute Gasteiger partial charge is 0.179 e. The summed E-state index contributed by atoms with van der Waals surface area (Å²) in [5.41, 5.74) is 3.72. The summed E-state index contributed by atoms with van der Waals surface area (Å²) in [5.74, 6) is 12.6. The minimum absolute atomic E-state index is 0.0295. The van der Waals surface area contributed by atoms with Crippen LogP contribution in [0.3, 0.4) is 0 Å². The Hall–Kier alpha value is -1.41. The summed E-state index contributed by atoms with van der Waals surface area (Å²) in [7, 11) is 3.13. The van der Waals surface area contributed by atoms with E-state index in [1.54, 1.807) is 14.2 Å². The van der Waals surface area contributed by atoms with Crippen molar-refractivity contribution in [2.75, 3.05) is 14.2 Å². The predicted molar refractivity (Wildman–Crippen MR) is 77.3 cm³/mol. The van der Waals surface area contributed by atoms with Gasteiger partial charge in [-0.1, -0.05) is 11.6 Å². The summed E-state index contributed by atoms with van der Waals surface area (Å²) < 4.78 is 10.5. The van der Waals surface area contributed by atoms with E-state index in [1.807, 2.05) is 19.1 Å². The third kappa shape index (κ3) is 4.03. The average Bonchev–Trinajstić information content (AvgIpc) is 2.42. The second-order valence-electron chi connectivity index (χ2n) is 3.92. The maximum atomic E-state index is 6.17. The minimum atomic E-state index is -0.0295. The number of ether oxygens (including phenoxy) is 2. The van der Waals surface area contributed by atoms with Crippen LogP contribution in [0.15, 0.2) is 12.1 Å². The lowest BCUT2D eigenvalue weighted by molar-refractivity contribution is 0.354. The van der Waals surface area contributed by atoms with Crippen molar-refractivity contribution in [2.24, 2.45) is 5.84 Å². The largest absolute Gasteiger partial charge is 0.493 e. The first kappa shape index (κ1) is 15.6. The molecule has 1 unspecified atom stereocenters. The molecule has 0 heterocycles. The molecule has 0 saturated carbocycles. The average molecular weight is 283 g/mol. The van der Waals surface area contributed by atoms with E-state index in [-0.39, 0.29) is 6.04 Å². The van der Waals surface area contributed by atoms with Crippen LogP contribution in [-0.2, 0) is 0 Å².